The van der Waals surface area contributed by atoms with E-state index < -0.39 is 17.8 Å². The van der Waals surface area contributed by atoms with Crippen molar-refractivity contribution in [2.24, 2.45) is 0 Å². The number of carbonyl (C=O) groups excluding carboxylic acids is 2. The Hall–Kier alpha value is -1.54. The van der Waals surface area contributed by atoms with Gasteiger partial charge in [0.1, 0.15) is 5.75 Å². The predicted molar refractivity (Wildman–Crippen MR) is 92.6 cm³/mol. The van der Waals surface area contributed by atoms with E-state index in [9.17, 15) is 9.59 Å². The summed E-state index contributed by atoms with van der Waals surface area (Å²) in [6, 6.07) is 5.33. The van der Waals surface area contributed by atoms with Crippen LogP contribution in [0.4, 0.5) is 0 Å². The van der Waals surface area contributed by atoms with Crippen LogP contribution < -0.4 is 10.2 Å². The number of hydrogen-bond acceptors (Lipinski definition) is 5. The van der Waals surface area contributed by atoms with Crippen molar-refractivity contribution in [3.05, 3.63) is 22.7 Å². The lowest BCUT2D eigenvalue weighted by molar-refractivity contribution is -0.885. The molecule has 8 heteroatoms. The molecular formula is C16H21BBrNO5. The van der Waals surface area contributed by atoms with Crippen LogP contribution in [0.5, 0.6) is 5.75 Å². The van der Waals surface area contributed by atoms with Crippen molar-refractivity contribution in [1.82, 2.24) is 0 Å². The molecule has 2 aliphatic heterocycles. The first kappa shape index (κ1) is 17.3. The van der Waals surface area contributed by atoms with E-state index >= 15 is 0 Å². The molecule has 0 bridgehead atoms. The summed E-state index contributed by atoms with van der Waals surface area (Å²) in [7, 11) is 3.43. The zero-order chi connectivity index (χ0) is 18.1. The van der Waals surface area contributed by atoms with E-state index in [1.165, 1.54) is 0 Å². The Labute approximate surface area is 149 Å². The third kappa shape index (κ3) is 1.65. The van der Waals surface area contributed by atoms with Gasteiger partial charge in [-0.25, -0.2) is 9.59 Å². The van der Waals surface area contributed by atoms with E-state index in [1.54, 1.807) is 53.0 Å². The number of nitrogens with zero attached hydrogens (tertiary/aromatic N) is 1. The van der Waals surface area contributed by atoms with Gasteiger partial charge in [0.25, 0.3) is 0 Å². The van der Waals surface area contributed by atoms with Crippen LogP contribution in [0.2, 0.25) is 0 Å². The van der Waals surface area contributed by atoms with E-state index in [0.717, 1.165) is 0 Å². The highest BCUT2D eigenvalue weighted by Crippen LogP contribution is 2.52. The largest absolute Gasteiger partial charge is 0.615 e. The fourth-order valence-corrected chi connectivity index (χ4v) is 4.64. The monoisotopic (exact) mass is 397 g/mol. The lowest BCUT2D eigenvalue weighted by Gasteiger charge is -2.54. The number of hydrogen-bond donors (Lipinski definition) is 0. The molecule has 0 amide bonds. The quantitative estimate of drug-likeness (QED) is 0.711. The van der Waals surface area contributed by atoms with Crippen LogP contribution >= 0.6 is 15.9 Å². The van der Waals surface area contributed by atoms with Gasteiger partial charge in [0.2, 0.25) is 0 Å². The van der Waals surface area contributed by atoms with Crippen molar-refractivity contribution in [2.75, 3.05) is 14.2 Å². The molecule has 24 heavy (non-hydrogen) atoms. The van der Waals surface area contributed by atoms with Crippen LogP contribution in [-0.4, -0.2) is 48.3 Å². The van der Waals surface area contributed by atoms with E-state index in [4.69, 9.17) is 14.0 Å². The second kappa shape index (κ2) is 4.76. The zero-order valence-corrected chi connectivity index (χ0v) is 16.3. The van der Waals surface area contributed by atoms with Crippen molar-refractivity contribution in [3.63, 3.8) is 0 Å². The first-order valence-electron chi connectivity index (χ1n) is 7.77. The second-order valence-electron chi connectivity index (χ2n) is 7.57. The topological polar surface area (TPSA) is 61.8 Å². The zero-order valence-electron chi connectivity index (χ0n) is 14.7. The van der Waals surface area contributed by atoms with Gasteiger partial charge in [-0.1, -0.05) is 12.1 Å². The third-order valence-corrected chi connectivity index (χ3v) is 6.75. The maximum Gasteiger partial charge on any atom is 0.615 e. The summed E-state index contributed by atoms with van der Waals surface area (Å²) < 4.78 is 17.6. The van der Waals surface area contributed by atoms with E-state index in [0.29, 0.717) is 15.7 Å². The van der Waals surface area contributed by atoms with Gasteiger partial charge in [0.15, 0.2) is 11.1 Å². The Morgan fingerprint density at radius 3 is 2.00 bits per heavy atom. The summed E-state index contributed by atoms with van der Waals surface area (Å²) in [4.78, 5) is 25.3. The summed E-state index contributed by atoms with van der Waals surface area (Å²) in [5, 5.41) is 0. The lowest BCUT2D eigenvalue weighted by atomic mass is 9.58. The summed E-state index contributed by atoms with van der Waals surface area (Å²) in [6.07, 6.45) is 0. The maximum atomic E-state index is 12.6. The molecule has 2 saturated heterocycles. The summed E-state index contributed by atoms with van der Waals surface area (Å²) in [5.74, 6) is -0.109. The fourth-order valence-electron chi connectivity index (χ4n) is 4.09. The van der Waals surface area contributed by atoms with Gasteiger partial charge in [-0.05, 0) is 55.2 Å². The van der Waals surface area contributed by atoms with Gasteiger partial charge in [-0.2, -0.15) is 0 Å². The minimum absolute atomic E-state index is 0.0381. The van der Waals surface area contributed by atoms with Crippen LogP contribution in [0.15, 0.2) is 22.7 Å². The summed E-state index contributed by atoms with van der Waals surface area (Å²) >= 11 is 3.45. The van der Waals surface area contributed by atoms with E-state index in [-0.39, 0.29) is 16.3 Å². The molecule has 6 nitrogen and oxygen atoms in total. The second-order valence-corrected chi connectivity index (χ2v) is 8.42. The minimum atomic E-state index is -2.37. The van der Waals surface area contributed by atoms with Crippen molar-refractivity contribution in [2.45, 2.75) is 38.8 Å². The minimum Gasteiger partial charge on any atom is -0.596 e. The Morgan fingerprint density at radius 1 is 1.08 bits per heavy atom. The third-order valence-electron chi connectivity index (χ3n) is 6.13. The molecule has 1 aromatic rings. The molecule has 3 rings (SSSR count). The number of rotatable bonds is 2. The highest BCUT2D eigenvalue weighted by molar-refractivity contribution is 9.10. The number of ether oxygens (including phenoxy) is 1. The summed E-state index contributed by atoms with van der Waals surface area (Å²) in [5.41, 5.74) is -1.22. The average Bonchev–Trinajstić information content (AvgIpc) is 2.76. The highest BCUT2D eigenvalue weighted by Gasteiger charge is 2.80. The Balaban J connectivity index is 2.30. The molecule has 2 fully saturated rings. The SMILES string of the molecule is COc1ccc([B-]23OC(=O)C(C)(C)[N+]2(C)C(C)(C)C(=O)O3)cc1Br. The molecule has 2 heterocycles. The molecule has 0 atom stereocenters. The van der Waals surface area contributed by atoms with Crippen LogP contribution in [0, 0.1) is 0 Å². The fraction of sp³-hybridized carbons (Fsp3) is 0.500. The molecule has 0 saturated carbocycles. The molecular weight excluding hydrogens is 377 g/mol. The van der Waals surface area contributed by atoms with Gasteiger partial charge >= 0.3 is 18.6 Å². The van der Waals surface area contributed by atoms with Crippen LogP contribution in [0.25, 0.3) is 0 Å². The smallest absolute Gasteiger partial charge is 0.596 e. The van der Waals surface area contributed by atoms with Crippen molar-refractivity contribution in [1.29, 1.82) is 0 Å². The lowest BCUT2D eigenvalue weighted by Crippen LogP contribution is -2.77. The molecule has 0 aliphatic carbocycles. The molecule has 0 spiro atoms. The normalized spacial score (nSPS) is 33.0. The van der Waals surface area contributed by atoms with Crippen molar-refractivity contribution >= 4 is 40.0 Å². The van der Waals surface area contributed by atoms with Crippen molar-refractivity contribution in [3.8, 4) is 5.75 Å². The standard InChI is InChI=1S/C16H21BBrNO5/c1-15(2)13(20)23-17(10-7-8-12(22-6)11(18)9-10)19(15,5)16(3,4)14(21)24-17/h7-9H,1-6H3. The Kier molecular flexibility index (Phi) is 3.43. The highest BCUT2D eigenvalue weighted by atomic mass is 79.9. The average molecular weight is 398 g/mol. The first-order valence-corrected chi connectivity index (χ1v) is 8.56. The van der Waals surface area contributed by atoms with Crippen molar-refractivity contribution < 1.29 is 28.0 Å². The van der Waals surface area contributed by atoms with Crippen LogP contribution in [0.1, 0.15) is 27.7 Å². The van der Waals surface area contributed by atoms with Gasteiger partial charge in [-0.15, -0.1) is 0 Å². The maximum absolute atomic E-state index is 12.6. The molecule has 2 aliphatic rings. The molecule has 0 aromatic heterocycles. The number of benzene rings is 1. The molecule has 0 N–H and O–H groups in total. The van der Waals surface area contributed by atoms with Gasteiger partial charge in [-0.3, -0.25) is 0 Å². The Morgan fingerprint density at radius 2 is 1.58 bits per heavy atom. The number of fused-ring (bicyclic) bond motifs is 1. The molecule has 1 aromatic carbocycles. The van der Waals surface area contributed by atoms with Crippen LogP contribution in [0.3, 0.4) is 0 Å². The molecule has 0 radical (unpaired) electrons. The number of likely N-dealkylation sites (N-methyl/N-ethyl adjacent to an activating group) is 1. The molecule has 0 unspecified atom stereocenters. The van der Waals surface area contributed by atoms with E-state index in [1.807, 2.05) is 7.05 Å². The van der Waals surface area contributed by atoms with E-state index in [2.05, 4.69) is 15.9 Å². The number of quaternary nitrogens is 1. The number of halogens is 1. The Bertz CT molecular complexity index is 731. The predicted octanol–water partition coefficient (Wildman–Crippen LogP) is 1.72. The van der Waals surface area contributed by atoms with Gasteiger partial charge in [0, 0.05) is 7.05 Å². The summed E-state index contributed by atoms with van der Waals surface area (Å²) in [6.45, 7) is 4.80. The molecule has 130 valence electrons. The number of methoxy groups -OCH3 is 1. The first-order chi connectivity index (χ1) is 11.0. The number of carbonyl (C=O) groups is 2. The van der Waals surface area contributed by atoms with Crippen LogP contribution in [-0.2, 0) is 18.9 Å². The van der Waals surface area contributed by atoms with Gasteiger partial charge < -0.3 is 18.4 Å². The van der Waals surface area contributed by atoms with Gasteiger partial charge in [0.05, 0.1) is 11.6 Å².